The summed E-state index contributed by atoms with van der Waals surface area (Å²) in [6, 6.07) is 5.22. The van der Waals surface area contributed by atoms with Crippen molar-refractivity contribution in [1.82, 2.24) is 34.2 Å². The second-order valence-corrected chi connectivity index (χ2v) is 6.63. The zero-order valence-corrected chi connectivity index (χ0v) is 15.8. The van der Waals surface area contributed by atoms with Crippen LogP contribution in [0.2, 0.25) is 0 Å². The number of nitrogens with one attached hydrogen (secondary N) is 1. The first kappa shape index (κ1) is 18.5. The predicted molar refractivity (Wildman–Crippen MR) is 102 cm³/mol. The first-order valence-electron chi connectivity index (χ1n) is 8.83. The summed E-state index contributed by atoms with van der Waals surface area (Å²) >= 11 is 0. The van der Waals surface area contributed by atoms with E-state index in [0.29, 0.717) is 22.4 Å². The molecule has 4 aromatic rings. The Balaban J connectivity index is 1.62. The highest BCUT2D eigenvalue weighted by Crippen LogP contribution is 2.20. The first-order chi connectivity index (χ1) is 13.9. The van der Waals surface area contributed by atoms with Crippen LogP contribution >= 0.6 is 0 Å². The average molecular weight is 395 g/mol. The monoisotopic (exact) mass is 395 g/mol. The fraction of sp³-hybridized carbons (Fsp3) is 0.211. The van der Waals surface area contributed by atoms with Gasteiger partial charge in [0.15, 0.2) is 5.65 Å². The van der Waals surface area contributed by atoms with E-state index in [2.05, 4.69) is 20.4 Å². The molecule has 0 aliphatic heterocycles. The maximum absolute atomic E-state index is 13.3. The topological polar surface area (TPSA) is 99.6 Å². The molecule has 10 heteroatoms. The lowest BCUT2D eigenvalue weighted by atomic mass is 10.1. The molecule has 3 heterocycles. The van der Waals surface area contributed by atoms with E-state index in [-0.39, 0.29) is 17.9 Å². The highest BCUT2D eigenvalue weighted by atomic mass is 19.1. The Labute approximate surface area is 164 Å². The van der Waals surface area contributed by atoms with Crippen LogP contribution in [-0.2, 0) is 25.4 Å². The lowest BCUT2D eigenvalue weighted by Crippen LogP contribution is -2.36. The van der Waals surface area contributed by atoms with Gasteiger partial charge in [-0.15, -0.1) is 0 Å². The molecule has 148 valence electrons. The molecule has 4 rings (SSSR count). The third-order valence-corrected chi connectivity index (χ3v) is 4.66. The molecule has 1 N–H and O–H groups in total. The molecule has 9 nitrogen and oxygen atoms in total. The van der Waals surface area contributed by atoms with Gasteiger partial charge >= 0.3 is 0 Å². The maximum atomic E-state index is 13.3. The molecular formula is C19H18FN7O2. The number of aryl methyl sites for hydroxylation is 2. The minimum absolute atomic E-state index is 0.223. The van der Waals surface area contributed by atoms with Crippen LogP contribution < -0.4 is 10.9 Å². The molecular weight excluding hydrogens is 377 g/mol. The molecule has 1 atom stereocenters. The molecule has 0 bridgehead atoms. The molecule has 1 aromatic carbocycles. The van der Waals surface area contributed by atoms with E-state index in [4.69, 9.17) is 0 Å². The van der Waals surface area contributed by atoms with E-state index >= 15 is 0 Å². The summed E-state index contributed by atoms with van der Waals surface area (Å²) in [5.74, 6) is -0.200. The summed E-state index contributed by atoms with van der Waals surface area (Å²) in [6.07, 6.45) is 6.11. The van der Waals surface area contributed by atoms with Crippen LogP contribution in [0.15, 0.2) is 54.0 Å². The van der Waals surface area contributed by atoms with Crippen LogP contribution in [0.4, 0.5) is 4.39 Å². The van der Waals surface area contributed by atoms with Crippen molar-refractivity contribution in [3.05, 3.63) is 76.7 Å². The average Bonchev–Trinajstić information content (AvgIpc) is 3.29. The smallest absolute Gasteiger partial charge is 0.264 e. The number of benzene rings is 1. The number of carbonyl (C=O) groups excluding carboxylic acids is 1. The van der Waals surface area contributed by atoms with Crippen LogP contribution in [0.1, 0.15) is 17.4 Å². The number of halogens is 1. The highest BCUT2D eigenvalue weighted by molar-refractivity contribution is 5.78. The summed E-state index contributed by atoms with van der Waals surface area (Å²) in [5.41, 5.74) is 0.764. The Kier molecular flexibility index (Phi) is 4.67. The number of nitrogens with zero attached hydrogens (tertiary/aromatic N) is 6. The second-order valence-electron chi connectivity index (χ2n) is 6.63. The van der Waals surface area contributed by atoms with Gasteiger partial charge in [0.05, 0.1) is 6.20 Å². The van der Waals surface area contributed by atoms with Gasteiger partial charge in [0.1, 0.15) is 35.9 Å². The van der Waals surface area contributed by atoms with Crippen molar-refractivity contribution < 1.29 is 9.18 Å². The van der Waals surface area contributed by atoms with Gasteiger partial charge in [0, 0.05) is 26.5 Å². The zero-order chi connectivity index (χ0) is 20.5. The summed E-state index contributed by atoms with van der Waals surface area (Å²) in [6.45, 7) is -0.223. The number of carbonyl (C=O) groups is 1. The fourth-order valence-electron chi connectivity index (χ4n) is 3.15. The zero-order valence-electron chi connectivity index (χ0n) is 15.8. The molecule has 0 saturated carbocycles. The molecule has 0 saturated heterocycles. The Bertz CT molecular complexity index is 1240. The van der Waals surface area contributed by atoms with Gasteiger partial charge in [-0.1, -0.05) is 12.1 Å². The van der Waals surface area contributed by atoms with Crippen molar-refractivity contribution in [3.63, 3.8) is 0 Å². The van der Waals surface area contributed by atoms with Crippen molar-refractivity contribution in [1.29, 1.82) is 0 Å². The number of amides is 1. The van der Waals surface area contributed by atoms with Crippen LogP contribution in [0.5, 0.6) is 0 Å². The van der Waals surface area contributed by atoms with Crippen LogP contribution in [0, 0.1) is 5.82 Å². The van der Waals surface area contributed by atoms with E-state index in [9.17, 15) is 14.0 Å². The van der Waals surface area contributed by atoms with E-state index < -0.39 is 11.9 Å². The molecule has 3 aromatic heterocycles. The van der Waals surface area contributed by atoms with E-state index in [1.165, 1.54) is 33.9 Å². The number of fused-ring (bicyclic) bond motifs is 1. The van der Waals surface area contributed by atoms with Gasteiger partial charge in [-0.05, 0) is 17.7 Å². The minimum atomic E-state index is -0.603. The third kappa shape index (κ3) is 3.51. The number of rotatable bonds is 5. The highest BCUT2D eigenvalue weighted by Gasteiger charge is 2.21. The quantitative estimate of drug-likeness (QED) is 0.541. The Morgan fingerprint density at radius 1 is 1.21 bits per heavy atom. The van der Waals surface area contributed by atoms with Crippen LogP contribution in [0.25, 0.3) is 11.0 Å². The van der Waals surface area contributed by atoms with Crippen molar-refractivity contribution >= 4 is 16.9 Å². The maximum Gasteiger partial charge on any atom is 0.264 e. The van der Waals surface area contributed by atoms with Crippen molar-refractivity contribution in [2.45, 2.75) is 12.6 Å². The molecule has 0 radical (unpaired) electrons. The fourth-order valence-corrected chi connectivity index (χ4v) is 3.15. The molecule has 0 aliphatic carbocycles. The Morgan fingerprint density at radius 2 is 1.97 bits per heavy atom. The molecule has 0 aliphatic rings. The van der Waals surface area contributed by atoms with Crippen molar-refractivity contribution in [2.24, 2.45) is 14.1 Å². The molecule has 29 heavy (non-hydrogen) atoms. The molecule has 1 amide bonds. The van der Waals surface area contributed by atoms with Crippen molar-refractivity contribution in [3.8, 4) is 0 Å². The number of imidazole rings is 1. The van der Waals surface area contributed by atoms with E-state index in [1.807, 2.05) is 0 Å². The SMILES string of the molecule is Cn1ccnc1[C@@H](NC(=O)Cn1cnc2c(cnn2C)c1=O)c1ccc(F)cc1. The predicted octanol–water partition coefficient (Wildman–Crippen LogP) is 0.908. The largest absolute Gasteiger partial charge is 0.341 e. The van der Waals surface area contributed by atoms with Crippen LogP contribution in [0.3, 0.4) is 0 Å². The third-order valence-electron chi connectivity index (χ3n) is 4.66. The van der Waals surface area contributed by atoms with Gasteiger partial charge in [-0.25, -0.2) is 14.4 Å². The first-order valence-corrected chi connectivity index (χ1v) is 8.83. The summed E-state index contributed by atoms with van der Waals surface area (Å²) < 4.78 is 17.8. The second kappa shape index (κ2) is 7.30. The molecule has 0 spiro atoms. The van der Waals surface area contributed by atoms with Crippen LogP contribution in [-0.4, -0.2) is 34.8 Å². The lowest BCUT2D eigenvalue weighted by molar-refractivity contribution is -0.122. The summed E-state index contributed by atoms with van der Waals surface area (Å²) in [7, 11) is 3.49. The number of aromatic nitrogens is 6. The molecule has 0 fully saturated rings. The normalized spacial score (nSPS) is 12.2. The van der Waals surface area contributed by atoms with Gasteiger partial charge in [-0.2, -0.15) is 5.10 Å². The van der Waals surface area contributed by atoms with Gasteiger partial charge < -0.3 is 9.88 Å². The van der Waals surface area contributed by atoms with Crippen molar-refractivity contribution in [2.75, 3.05) is 0 Å². The minimum Gasteiger partial charge on any atom is -0.341 e. The Hall–Kier alpha value is -3.82. The van der Waals surface area contributed by atoms with Gasteiger partial charge in [-0.3, -0.25) is 18.8 Å². The number of hydrogen-bond donors (Lipinski definition) is 1. The standard InChI is InChI=1S/C19H18FN7O2/c1-25-8-7-21-18(25)16(12-3-5-13(20)6-4-12)24-15(28)10-27-11-22-17-14(19(27)29)9-23-26(17)2/h3-9,11,16H,10H2,1-2H3,(H,24,28)/t16-/m0/s1. The van der Waals surface area contributed by atoms with Gasteiger partial charge in [0.25, 0.3) is 5.56 Å². The molecule has 0 unspecified atom stereocenters. The Morgan fingerprint density at radius 3 is 2.66 bits per heavy atom. The summed E-state index contributed by atoms with van der Waals surface area (Å²) in [4.78, 5) is 33.8. The summed E-state index contributed by atoms with van der Waals surface area (Å²) in [5, 5.41) is 7.22. The lowest BCUT2D eigenvalue weighted by Gasteiger charge is -2.19. The number of hydrogen-bond acceptors (Lipinski definition) is 5. The van der Waals surface area contributed by atoms with E-state index in [1.54, 1.807) is 43.2 Å². The van der Waals surface area contributed by atoms with E-state index in [0.717, 1.165) is 0 Å². The van der Waals surface area contributed by atoms with Gasteiger partial charge in [0.2, 0.25) is 5.91 Å².